The van der Waals surface area contributed by atoms with Crippen LogP contribution in [0.25, 0.3) is 0 Å². The molecule has 1 rings (SSSR count). The van der Waals surface area contributed by atoms with Crippen LogP contribution < -0.4 is 9.88 Å². The highest BCUT2D eigenvalue weighted by molar-refractivity contribution is 7.89. The summed E-state index contributed by atoms with van der Waals surface area (Å²) >= 11 is 0. The number of pyridine rings is 1. The first kappa shape index (κ1) is 13.3. The summed E-state index contributed by atoms with van der Waals surface area (Å²) in [5.74, 6) is -0.442. The van der Waals surface area contributed by atoms with Crippen LogP contribution in [-0.2, 0) is 10.0 Å². The molecule has 0 bridgehead atoms. The molecule has 0 aliphatic heterocycles. The zero-order valence-corrected chi connectivity index (χ0v) is 9.33. The van der Waals surface area contributed by atoms with Gasteiger partial charge in [0.25, 0.3) is 6.43 Å². The minimum absolute atomic E-state index is 0.442. The molecule has 0 aromatic carbocycles. The molecule has 1 aromatic heterocycles. The van der Waals surface area contributed by atoms with Crippen molar-refractivity contribution in [1.29, 1.82) is 5.26 Å². The first-order valence-electron chi connectivity index (χ1n) is 4.10. The topological polar surface area (TPSA) is 106 Å². The van der Waals surface area contributed by atoms with Gasteiger partial charge in [0.15, 0.2) is 5.69 Å². The third kappa shape index (κ3) is 2.48. The first-order chi connectivity index (χ1) is 7.82. The first-order valence-corrected chi connectivity index (χ1v) is 5.65. The molecule has 0 saturated carbocycles. The molecule has 0 aliphatic rings. The molecule has 0 amide bonds. The highest BCUT2D eigenvalue weighted by Crippen LogP contribution is 2.34. The zero-order valence-electron chi connectivity index (χ0n) is 8.52. The summed E-state index contributed by atoms with van der Waals surface area (Å²) in [4.78, 5) is 2.39. The lowest BCUT2D eigenvalue weighted by molar-refractivity contribution is 0.143. The third-order valence-electron chi connectivity index (χ3n) is 1.86. The zero-order chi connectivity index (χ0) is 13.2. The van der Waals surface area contributed by atoms with Gasteiger partial charge < -0.3 is 4.74 Å². The Morgan fingerprint density at radius 1 is 1.59 bits per heavy atom. The number of halogens is 2. The molecule has 92 valence electrons. The molecule has 9 heteroatoms. The number of aromatic nitrogens is 1. The van der Waals surface area contributed by atoms with Gasteiger partial charge >= 0.3 is 0 Å². The molecular formula is C8H7F2N3O3S. The fourth-order valence-corrected chi connectivity index (χ4v) is 2.09. The molecule has 0 fully saturated rings. The molecule has 2 N–H and O–H groups in total. The molecule has 6 nitrogen and oxygen atoms in total. The number of ether oxygens (including phenoxy) is 1. The van der Waals surface area contributed by atoms with E-state index in [4.69, 9.17) is 10.4 Å². The SMILES string of the molecule is COc1cnc(C#N)c(S(N)(=O)=O)c1C(F)F. The van der Waals surface area contributed by atoms with E-state index in [0.717, 1.165) is 13.3 Å². The number of hydrogen-bond acceptors (Lipinski definition) is 5. The van der Waals surface area contributed by atoms with E-state index in [-0.39, 0.29) is 0 Å². The van der Waals surface area contributed by atoms with Crippen LogP contribution in [0.1, 0.15) is 17.7 Å². The predicted molar refractivity (Wildman–Crippen MR) is 51.8 cm³/mol. The molecule has 1 aromatic rings. The number of methoxy groups -OCH3 is 1. The molecule has 17 heavy (non-hydrogen) atoms. The lowest BCUT2D eigenvalue weighted by Gasteiger charge is -2.12. The summed E-state index contributed by atoms with van der Waals surface area (Å²) in [5, 5.41) is 13.4. The van der Waals surface area contributed by atoms with E-state index in [9.17, 15) is 17.2 Å². The van der Waals surface area contributed by atoms with Crippen LogP contribution >= 0.6 is 0 Å². The second kappa shape index (κ2) is 4.60. The van der Waals surface area contributed by atoms with Crippen molar-refractivity contribution in [3.8, 4) is 11.8 Å². The Morgan fingerprint density at radius 3 is 2.53 bits per heavy atom. The van der Waals surface area contributed by atoms with Crippen LogP contribution in [0.5, 0.6) is 5.75 Å². The number of rotatable bonds is 3. The van der Waals surface area contributed by atoms with Crippen molar-refractivity contribution >= 4 is 10.0 Å². The molecule has 0 unspecified atom stereocenters. The predicted octanol–water partition coefficient (Wildman–Crippen LogP) is 0.547. The summed E-state index contributed by atoms with van der Waals surface area (Å²) in [6.45, 7) is 0. The summed E-state index contributed by atoms with van der Waals surface area (Å²) in [6.07, 6.45) is -2.32. The molecule has 0 spiro atoms. The molecule has 0 radical (unpaired) electrons. The largest absolute Gasteiger partial charge is 0.495 e. The van der Waals surface area contributed by atoms with Crippen LogP contribution in [-0.4, -0.2) is 20.5 Å². The van der Waals surface area contributed by atoms with Crippen molar-refractivity contribution in [3.63, 3.8) is 0 Å². The van der Waals surface area contributed by atoms with Crippen LogP contribution in [0.4, 0.5) is 8.78 Å². The number of alkyl halides is 2. The third-order valence-corrected chi connectivity index (χ3v) is 2.85. The molecule has 0 aliphatic carbocycles. The highest BCUT2D eigenvalue weighted by atomic mass is 32.2. The Bertz CT molecular complexity index is 580. The van der Waals surface area contributed by atoms with Gasteiger partial charge in [-0.05, 0) is 0 Å². The maximum atomic E-state index is 12.8. The molecule has 0 saturated heterocycles. The lowest BCUT2D eigenvalue weighted by Crippen LogP contribution is -2.18. The number of nitrogens with zero attached hydrogens (tertiary/aromatic N) is 2. The number of hydrogen-bond donors (Lipinski definition) is 1. The fraction of sp³-hybridized carbons (Fsp3) is 0.250. The van der Waals surface area contributed by atoms with Gasteiger partial charge in [0.1, 0.15) is 16.7 Å². The minimum Gasteiger partial charge on any atom is -0.495 e. The second-order valence-electron chi connectivity index (χ2n) is 2.88. The van der Waals surface area contributed by atoms with Crippen LogP contribution in [0.2, 0.25) is 0 Å². The van der Waals surface area contributed by atoms with Gasteiger partial charge in [0.2, 0.25) is 10.0 Å². The van der Waals surface area contributed by atoms with Crippen molar-refractivity contribution in [3.05, 3.63) is 17.5 Å². The standard InChI is InChI=1S/C8H7F2N3O3S/c1-16-5-3-13-4(2-11)7(17(12,14)15)6(5)8(9)10/h3,8H,1H3,(H2,12,14,15). The van der Waals surface area contributed by atoms with Crippen molar-refractivity contribution in [2.75, 3.05) is 7.11 Å². The van der Waals surface area contributed by atoms with E-state index in [1.807, 2.05) is 0 Å². The van der Waals surface area contributed by atoms with Crippen LogP contribution in [0.3, 0.4) is 0 Å². The quantitative estimate of drug-likeness (QED) is 0.856. The van der Waals surface area contributed by atoms with Gasteiger partial charge in [-0.25, -0.2) is 27.3 Å². The summed E-state index contributed by atoms with van der Waals surface area (Å²) < 4.78 is 52.5. The van der Waals surface area contributed by atoms with E-state index < -0.39 is 38.4 Å². The van der Waals surface area contributed by atoms with E-state index in [0.29, 0.717) is 0 Å². The van der Waals surface area contributed by atoms with Crippen molar-refractivity contribution in [1.82, 2.24) is 4.98 Å². The summed E-state index contributed by atoms with van der Waals surface area (Å²) in [5.41, 5.74) is -1.65. The van der Waals surface area contributed by atoms with Crippen molar-refractivity contribution in [2.24, 2.45) is 5.14 Å². The minimum atomic E-state index is -4.50. The van der Waals surface area contributed by atoms with Gasteiger partial charge in [0.05, 0.1) is 18.9 Å². The molecule has 1 heterocycles. The van der Waals surface area contributed by atoms with Crippen LogP contribution in [0.15, 0.2) is 11.1 Å². The maximum Gasteiger partial charge on any atom is 0.268 e. The van der Waals surface area contributed by atoms with Gasteiger partial charge in [-0.2, -0.15) is 5.26 Å². The van der Waals surface area contributed by atoms with Crippen molar-refractivity contribution < 1.29 is 21.9 Å². The van der Waals surface area contributed by atoms with Gasteiger partial charge in [0, 0.05) is 0 Å². The average molecular weight is 263 g/mol. The Hall–Kier alpha value is -1.79. The van der Waals surface area contributed by atoms with Crippen molar-refractivity contribution in [2.45, 2.75) is 11.3 Å². The monoisotopic (exact) mass is 263 g/mol. The summed E-state index contributed by atoms with van der Waals surface area (Å²) in [6, 6.07) is 1.39. The van der Waals surface area contributed by atoms with E-state index >= 15 is 0 Å². The maximum absolute atomic E-state index is 12.8. The second-order valence-corrected chi connectivity index (χ2v) is 4.37. The Labute approximate surface area is 95.7 Å². The molecule has 0 atom stereocenters. The van der Waals surface area contributed by atoms with Crippen LogP contribution in [0, 0.1) is 11.3 Å². The number of primary sulfonamides is 1. The number of nitrogens with two attached hydrogens (primary N) is 1. The normalized spacial score (nSPS) is 11.3. The van der Waals surface area contributed by atoms with Gasteiger partial charge in [-0.15, -0.1) is 0 Å². The Morgan fingerprint density at radius 2 is 2.18 bits per heavy atom. The number of nitriles is 1. The highest BCUT2D eigenvalue weighted by Gasteiger charge is 2.29. The Balaban J connectivity index is 3.80. The number of sulfonamides is 1. The van der Waals surface area contributed by atoms with Gasteiger partial charge in [-0.3, -0.25) is 0 Å². The van der Waals surface area contributed by atoms with Gasteiger partial charge in [-0.1, -0.05) is 0 Å². The van der Waals surface area contributed by atoms with E-state index in [1.165, 1.54) is 6.07 Å². The lowest BCUT2D eigenvalue weighted by atomic mass is 10.2. The van der Waals surface area contributed by atoms with E-state index in [1.54, 1.807) is 0 Å². The van der Waals surface area contributed by atoms with E-state index in [2.05, 4.69) is 9.72 Å². The average Bonchev–Trinajstić information content (AvgIpc) is 2.25. The molecular weight excluding hydrogens is 256 g/mol. The smallest absolute Gasteiger partial charge is 0.268 e. The fourth-order valence-electron chi connectivity index (χ4n) is 1.23. The Kier molecular flexibility index (Phi) is 3.59. The summed E-state index contributed by atoms with van der Waals surface area (Å²) in [7, 11) is -3.43.